The molecule has 1 aliphatic heterocycles. The van der Waals surface area contributed by atoms with Gasteiger partial charge in [-0.3, -0.25) is 4.90 Å². The largest absolute Gasteiger partial charge is 0.379 e. The molecule has 0 atom stereocenters. The van der Waals surface area contributed by atoms with Gasteiger partial charge in [0.05, 0.1) is 19.8 Å². The second kappa shape index (κ2) is 5.26. The number of nitrogens with zero attached hydrogens (tertiary/aromatic N) is 2. The van der Waals surface area contributed by atoms with E-state index in [1.807, 2.05) is 0 Å². The van der Waals surface area contributed by atoms with Gasteiger partial charge < -0.3 is 4.74 Å². The van der Waals surface area contributed by atoms with Crippen molar-refractivity contribution in [1.82, 2.24) is 4.90 Å². The zero-order chi connectivity index (χ0) is 12.3. The Bertz CT molecular complexity index is 447. The molecule has 1 saturated heterocycles. The fourth-order valence-electron chi connectivity index (χ4n) is 1.95. The molecule has 1 aromatic carbocycles. The summed E-state index contributed by atoms with van der Waals surface area (Å²) in [5, 5.41) is 0. The Morgan fingerprint density at radius 3 is 2.76 bits per heavy atom. The Labute approximate surface area is 101 Å². The number of ether oxygens (including phenoxy) is 1. The van der Waals surface area contributed by atoms with Gasteiger partial charge in [-0.05, 0) is 30.2 Å². The number of benzene rings is 1. The van der Waals surface area contributed by atoms with E-state index in [0.717, 1.165) is 13.1 Å². The van der Waals surface area contributed by atoms with E-state index in [1.54, 1.807) is 13.0 Å². The van der Waals surface area contributed by atoms with Gasteiger partial charge in [-0.2, -0.15) is 0 Å². The molecular weight excluding hydrogens is 219 g/mol. The lowest BCUT2D eigenvalue weighted by Crippen LogP contribution is -2.35. The van der Waals surface area contributed by atoms with Gasteiger partial charge in [0.25, 0.3) is 0 Å². The van der Waals surface area contributed by atoms with E-state index >= 15 is 0 Å². The van der Waals surface area contributed by atoms with Gasteiger partial charge >= 0.3 is 0 Å². The Hall–Kier alpha value is -1.44. The third-order valence-electron chi connectivity index (χ3n) is 2.98. The van der Waals surface area contributed by atoms with Crippen molar-refractivity contribution in [3.8, 4) is 0 Å². The average molecular weight is 234 g/mol. The molecule has 0 spiro atoms. The van der Waals surface area contributed by atoms with Crippen LogP contribution in [-0.2, 0) is 11.3 Å². The van der Waals surface area contributed by atoms with Crippen molar-refractivity contribution < 1.29 is 9.13 Å². The van der Waals surface area contributed by atoms with Gasteiger partial charge in [0, 0.05) is 19.6 Å². The average Bonchev–Trinajstić information content (AvgIpc) is 2.34. The first-order valence-corrected chi connectivity index (χ1v) is 5.67. The Kier molecular flexibility index (Phi) is 3.72. The molecule has 0 radical (unpaired) electrons. The summed E-state index contributed by atoms with van der Waals surface area (Å²) >= 11 is 0. The molecule has 1 fully saturated rings. The second-order valence-electron chi connectivity index (χ2n) is 4.23. The Morgan fingerprint density at radius 2 is 2.12 bits per heavy atom. The van der Waals surface area contributed by atoms with Crippen molar-refractivity contribution in [2.24, 2.45) is 0 Å². The minimum absolute atomic E-state index is 0.221. The highest BCUT2D eigenvalue weighted by atomic mass is 19.1. The fourth-order valence-corrected chi connectivity index (χ4v) is 1.95. The van der Waals surface area contributed by atoms with Crippen LogP contribution in [-0.4, -0.2) is 31.2 Å². The summed E-state index contributed by atoms with van der Waals surface area (Å²) in [5.41, 5.74) is 1.83. The highest BCUT2D eigenvalue weighted by molar-refractivity contribution is 5.53. The quantitative estimate of drug-likeness (QED) is 0.731. The molecule has 1 aliphatic rings. The summed E-state index contributed by atoms with van der Waals surface area (Å²) in [6.45, 7) is 12.4. The fraction of sp³-hybridized carbons (Fsp3) is 0.462. The third-order valence-corrected chi connectivity index (χ3v) is 2.98. The lowest BCUT2D eigenvalue weighted by molar-refractivity contribution is 0.0337. The predicted molar refractivity (Wildman–Crippen MR) is 63.5 cm³/mol. The van der Waals surface area contributed by atoms with Crippen LogP contribution in [0.2, 0.25) is 0 Å². The number of aryl methyl sites for hydroxylation is 1. The van der Waals surface area contributed by atoms with Gasteiger partial charge in [0.15, 0.2) is 5.69 Å². The molecule has 0 saturated carbocycles. The summed E-state index contributed by atoms with van der Waals surface area (Å²) in [6, 6.07) is 3.11. The molecule has 3 nitrogen and oxygen atoms in total. The van der Waals surface area contributed by atoms with Crippen LogP contribution in [0.15, 0.2) is 12.1 Å². The molecule has 0 aliphatic carbocycles. The molecule has 2 rings (SSSR count). The van der Waals surface area contributed by atoms with Gasteiger partial charge in [0.1, 0.15) is 5.82 Å². The third kappa shape index (κ3) is 2.82. The lowest BCUT2D eigenvalue weighted by Gasteiger charge is -2.26. The number of halogens is 1. The minimum Gasteiger partial charge on any atom is -0.379 e. The van der Waals surface area contributed by atoms with E-state index in [0.29, 0.717) is 36.6 Å². The van der Waals surface area contributed by atoms with Crippen LogP contribution in [0.5, 0.6) is 0 Å². The molecule has 0 unspecified atom stereocenters. The molecule has 4 heteroatoms. The molecule has 0 amide bonds. The maximum absolute atomic E-state index is 13.8. The van der Waals surface area contributed by atoms with Crippen molar-refractivity contribution in [2.45, 2.75) is 13.5 Å². The minimum atomic E-state index is -0.221. The van der Waals surface area contributed by atoms with Crippen molar-refractivity contribution in [1.29, 1.82) is 0 Å². The number of rotatable bonds is 2. The Balaban J connectivity index is 2.17. The zero-order valence-electron chi connectivity index (χ0n) is 9.87. The first-order valence-electron chi connectivity index (χ1n) is 5.67. The SMILES string of the molecule is [C-]#[N+]c1cc(CN2CCOCC2)c(F)cc1C. The smallest absolute Gasteiger partial charge is 0.190 e. The van der Waals surface area contributed by atoms with E-state index in [-0.39, 0.29) is 5.82 Å². The molecular formula is C13H15FN2O. The van der Waals surface area contributed by atoms with Gasteiger partial charge in [-0.15, -0.1) is 0 Å². The predicted octanol–water partition coefficient (Wildman–Crippen LogP) is 2.52. The van der Waals surface area contributed by atoms with Crippen molar-refractivity contribution in [3.63, 3.8) is 0 Å². The molecule has 1 aromatic rings. The zero-order valence-corrected chi connectivity index (χ0v) is 9.87. The van der Waals surface area contributed by atoms with Gasteiger partial charge in [0.2, 0.25) is 0 Å². The normalized spacial score (nSPS) is 16.8. The maximum Gasteiger partial charge on any atom is 0.190 e. The highest BCUT2D eigenvalue weighted by Crippen LogP contribution is 2.24. The topological polar surface area (TPSA) is 16.8 Å². The maximum atomic E-state index is 13.8. The van der Waals surface area contributed by atoms with Crippen LogP contribution in [0.3, 0.4) is 0 Å². The summed E-state index contributed by atoms with van der Waals surface area (Å²) < 4.78 is 19.0. The van der Waals surface area contributed by atoms with Crippen molar-refractivity contribution in [3.05, 3.63) is 40.5 Å². The molecule has 1 heterocycles. The number of hydrogen-bond acceptors (Lipinski definition) is 2. The number of morpholine rings is 1. The second-order valence-corrected chi connectivity index (χ2v) is 4.23. The van der Waals surface area contributed by atoms with E-state index in [9.17, 15) is 4.39 Å². The molecule has 0 aromatic heterocycles. The molecule has 17 heavy (non-hydrogen) atoms. The van der Waals surface area contributed by atoms with Crippen LogP contribution in [0, 0.1) is 19.3 Å². The molecule has 0 bridgehead atoms. The lowest BCUT2D eigenvalue weighted by atomic mass is 10.1. The highest BCUT2D eigenvalue weighted by Gasteiger charge is 2.14. The van der Waals surface area contributed by atoms with Crippen LogP contribution in [0.25, 0.3) is 4.85 Å². The summed E-state index contributed by atoms with van der Waals surface area (Å²) in [7, 11) is 0. The van der Waals surface area contributed by atoms with Crippen LogP contribution in [0.4, 0.5) is 10.1 Å². The van der Waals surface area contributed by atoms with E-state index in [2.05, 4.69) is 9.74 Å². The van der Waals surface area contributed by atoms with Gasteiger partial charge in [-0.25, -0.2) is 9.24 Å². The monoisotopic (exact) mass is 234 g/mol. The molecule has 90 valence electrons. The van der Waals surface area contributed by atoms with Crippen molar-refractivity contribution >= 4 is 5.69 Å². The van der Waals surface area contributed by atoms with E-state index in [4.69, 9.17) is 11.3 Å². The first kappa shape index (κ1) is 12.0. The summed E-state index contributed by atoms with van der Waals surface area (Å²) in [6.07, 6.45) is 0. The summed E-state index contributed by atoms with van der Waals surface area (Å²) in [4.78, 5) is 5.55. The van der Waals surface area contributed by atoms with Gasteiger partial charge in [-0.1, -0.05) is 0 Å². The van der Waals surface area contributed by atoms with Crippen molar-refractivity contribution in [2.75, 3.05) is 26.3 Å². The van der Waals surface area contributed by atoms with E-state index < -0.39 is 0 Å². The first-order chi connectivity index (χ1) is 8.20. The standard InChI is InChI=1S/C13H15FN2O/c1-10-7-12(14)11(8-13(10)15-2)9-16-3-5-17-6-4-16/h7-8H,3-6,9H2,1H3. The molecule has 0 N–H and O–H groups in total. The van der Waals surface area contributed by atoms with E-state index in [1.165, 1.54) is 6.07 Å². The summed E-state index contributed by atoms with van der Waals surface area (Å²) in [5.74, 6) is -0.221. The Morgan fingerprint density at radius 1 is 1.41 bits per heavy atom. The van der Waals surface area contributed by atoms with Crippen LogP contribution >= 0.6 is 0 Å². The number of hydrogen-bond donors (Lipinski definition) is 0. The van der Waals surface area contributed by atoms with Crippen LogP contribution in [0.1, 0.15) is 11.1 Å². The van der Waals surface area contributed by atoms with Crippen LogP contribution < -0.4 is 0 Å².